The molecule has 5 heteroatoms. The van der Waals surface area contributed by atoms with Gasteiger partial charge in [0, 0.05) is 6.54 Å². The van der Waals surface area contributed by atoms with Gasteiger partial charge in [-0.25, -0.2) is 0 Å². The van der Waals surface area contributed by atoms with Crippen LogP contribution in [0, 0.1) is 0 Å². The van der Waals surface area contributed by atoms with Gasteiger partial charge in [0.2, 0.25) is 0 Å². The van der Waals surface area contributed by atoms with E-state index in [1.165, 1.54) is 5.56 Å². The van der Waals surface area contributed by atoms with Crippen LogP contribution in [0.3, 0.4) is 0 Å². The molecular weight excluding hydrogens is 212 g/mol. The van der Waals surface area contributed by atoms with E-state index in [1.54, 1.807) is 12.1 Å². The van der Waals surface area contributed by atoms with Crippen molar-refractivity contribution in [3.05, 3.63) is 29.8 Å². The molecule has 1 aromatic rings. The zero-order chi connectivity index (χ0) is 10.6. The Balaban J connectivity index is 0.00000196. The molecule has 84 valence electrons. The quantitative estimate of drug-likeness (QED) is 0.709. The predicted molar refractivity (Wildman–Crippen MR) is 65.8 cm³/mol. The lowest BCUT2D eigenvalue weighted by Gasteiger charge is -2.09. The van der Waals surface area contributed by atoms with Crippen molar-refractivity contribution in [2.75, 3.05) is 20.6 Å². The fraction of sp³-hybridized carbons (Fsp3) is 0.400. The van der Waals surface area contributed by atoms with Crippen LogP contribution in [0.25, 0.3) is 0 Å². The Kier molecular flexibility index (Phi) is 6.60. The average molecular weight is 230 g/mol. The summed E-state index contributed by atoms with van der Waals surface area (Å²) in [6.07, 6.45) is 0.981. The van der Waals surface area contributed by atoms with Gasteiger partial charge in [-0.3, -0.25) is 0 Å². The molecule has 0 aliphatic heterocycles. The van der Waals surface area contributed by atoms with Crippen molar-refractivity contribution in [3.8, 4) is 0 Å². The van der Waals surface area contributed by atoms with Crippen LogP contribution in [0.2, 0.25) is 0 Å². The second-order valence-electron chi connectivity index (χ2n) is 3.67. The van der Waals surface area contributed by atoms with E-state index in [-0.39, 0.29) is 12.4 Å². The van der Waals surface area contributed by atoms with Gasteiger partial charge in [-0.15, -0.1) is 12.4 Å². The van der Waals surface area contributed by atoms with Crippen LogP contribution in [-0.4, -0.2) is 42.7 Å². The first-order valence-electron chi connectivity index (χ1n) is 4.69. The van der Waals surface area contributed by atoms with E-state index < -0.39 is 7.12 Å². The van der Waals surface area contributed by atoms with Gasteiger partial charge in [0.15, 0.2) is 0 Å². The van der Waals surface area contributed by atoms with Crippen molar-refractivity contribution in [2.45, 2.75) is 6.42 Å². The summed E-state index contributed by atoms with van der Waals surface area (Å²) < 4.78 is 0. The molecule has 0 atom stereocenters. The second kappa shape index (κ2) is 6.85. The van der Waals surface area contributed by atoms with E-state index in [0.29, 0.717) is 5.46 Å². The van der Waals surface area contributed by atoms with E-state index >= 15 is 0 Å². The minimum atomic E-state index is -1.36. The fourth-order valence-electron chi connectivity index (χ4n) is 1.21. The monoisotopic (exact) mass is 229 g/mol. The lowest BCUT2D eigenvalue weighted by molar-refractivity contribution is 0.413. The Labute approximate surface area is 97.3 Å². The highest BCUT2D eigenvalue weighted by atomic mass is 35.5. The first-order chi connectivity index (χ1) is 6.59. The molecule has 1 rings (SSSR count). The van der Waals surface area contributed by atoms with E-state index in [4.69, 9.17) is 10.0 Å². The molecule has 0 radical (unpaired) electrons. The summed E-state index contributed by atoms with van der Waals surface area (Å²) in [5.41, 5.74) is 1.75. The maximum atomic E-state index is 8.88. The molecule has 0 saturated carbocycles. The van der Waals surface area contributed by atoms with E-state index in [2.05, 4.69) is 4.90 Å². The minimum absolute atomic E-state index is 0. The Morgan fingerprint density at radius 2 is 1.67 bits per heavy atom. The van der Waals surface area contributed by atoms with E-state index in [0.717, 1.165) is 13.0 Å². The number of rotatable bonds is 4. The number of halogens is 1. The van der Waals surface area contributed by atoms with Crippen molar-refractivity contribution in [2.24, 2.45) is 0 Å². The molecular formula is C10H17BClNO2. The Morgan fingerprint density at radius 3 is 2.07 bits per heavy atom. The first kappa shape index (κ1) is 14.5. The number of hydrogen-bond donors (Lipinski definition) is 2. The molecule has 0 aliphatic rings. The van der Waals surface area contributed by atoms with Crippen molar-refractivity contribution in [3.63, 3.8) is 0 Å². The molecule has 0 fully saturated rings. The normalized spacial score (nSPS) is 9.93. The maximum Gasteiger partial charge on any atom is 0.488 e. The van der Waals surface area contributed by atoms with Gasteiger partial charge in [0.05, 0.1) is 0 Å². The van der Waals surface area contributed by atoms with Crippen molar-refractivity contribution < 1.29 is 10.0 Å². The summed E-state index contributed by atoms with van der Waals surface area (Å²) in [5, 5.41) is 17.8. The molecule has 2 N–H and O–H groups in total. The SMILES string of the molecule is CN(C)CCc1ccc(B(O)O)cc1.Cl. The summed E-state index contributed by atoms with van der Waals surface area (Å²) in [6, 6.07) is 7.35. The molecule has 0 unspecified atom stereocenters. The van der Waals surface area contributed by atoms with E-state index in [1.807, 2.05) is 26.2 Å². The third kappa shape index (κ3) is 5.18. The first-order valence-corrected chi connectivity index (χ1v) is 4.69. The van der Waals surface area contributed by atoms with Crippen LogP contribution >= 0.6 is 12.4 Å². The van der Waals surface area contributed by atoms with Gasteiger partial charge >= 0.3 is 7.12 Å². The highest BCUT2D eigenvalue weighted by Gasteiger charge is 2.09. The predicted octanol–water partition coefficient (Wildman–Crippen LogP) is -0.108. The number of nitrogens with zero attached hydrogens (tertiary/aromatic N) is 1. The highest BCUT2D eigenvalue weighted by Crippen LogP contribution is 1.99. The minimum Gasteiger partial charge on any atom is -0.423 e. The Bertz CT molecular complexity index is 277. The molecule has 0 aliphatic carbocycles. The summed E-state index contributed by atoms with van der Waals surface area (Å²) >= 11 is 0. The van der Waals surface area contributed by atoms with Crippen LogP contribution in [0.4, 0.5) is 0 Å². The molecule has 1 aromatic carbocycles. The van der Waals surface area contributed by atoms with Crippen molar-refractivity contribution >= 4 is 25.0 Å². The largest absolute Gasteiger partial charge is 0.488 e. The van der Waals surface area contributed by atoms with Crippen molar-refractivity contribution in [1.82, 2.24) is 4.90 Å². The molecule has 0 amide bonds. The van der Waals surface area contributed by atoms with Gasteiger partial charge in [-0.1, -0.05) is 24.3 Å². The molecule has 0 aromatic heterocycles. The highest BCUT2D eigenvalue weighted by molar-refractivity contribution is 6.58. The molecule has 0 saturated heterocycles. The zero-order valence-electron chi connectivity index (χ0n) is 9.05. The standard InChI is InChI=1S/C10H16BNO2.ClH/c1-12(2)8-7-9-3-5-10(6-4-9)11(13)14;/h3-6,13-14H,7-8H2,1-2H3;1H. The summed E-state index contributed by atoms with van der Waals surface area (Å²) in [6.45, 7) is 1.00. The second-order valence-corrected chi connectivity index (χ2v) is 3.67. The summed E-state index contributed by atoms with van der Waals surface area (Å²) in [4.78, 5) is 2.12. The van der Waals surface area contributed by atoms with Crippen molar-refractivity contribution in [1.29, 1.82) is 0 Å². The third-order valence-electron chi connectivity index (χ3n) is 2.13. The molecule has 15 heavy (non-hydrogen) atoms. The molecule has 0 bridgehead atoms. The van der Waals surface area contributed by atoms with E-state index in [9.17, 15) is 0 Å². The van der Waals surface area contributed by atoms with Gasteiger partial charge in [-0.05, 0) is 31.5 Å². The van der Waals surface area contributed by atoms with Gasteiger partial charge < -0.3 is 14.9 Å². The van der Waals surface area contributed by atoms with Gasteiger partial charge in [0.25, 0.3) is 0 Å². The Morgan fingerprint density at radius 1 is 1.13 bits per heavy atom. The van der Waals surface area contributed by atoms with Gasteiger partial charge in [0.1, 0.15) is 0 Å². The number of likely N-dealkylation sites (N-methyl/N-ethyl adjacent to an activating group) is 1. The van der Waals surface area contributed by atoms with Crippen LogP contribution in [-0.2, 0) is 6.42 Å². The molecule has 0 heterocycles. The van der Waals surface area contributed by atoms with Gasteiger partial charge in [-0.2, -0.15) is 0 Å². The van der Waals surface area contributed by atoms with Crippen LogP contribution in [0.15, 0.2) is 24.3 Å². The van der Waals surface area contributed by atoms with Crippen LogP contribution in [0.5, 0.6) is 0 Å². The smallest absolute Gasteiger partial charge is 0.423 e. The summed E-state index contributed by atoms with van der Waals surface area (Å²) in [5.74, 6) is 0. The lowest BCUT2D eigenvalue weighted by Crippen LogP contribution is -2.29. The molecule has 0 spiro atoms. The topological polar surface area (TPSA) is 43.7 Å². The van der Waals surface area contributed by atoms with Crippen LogP contribution < -0.4 is 5.46 Å². The lowest BCUT2D eigenvalue weighted by atomic mass is 9.80. The third-order valence-corrected chi connectivity index (χ3v) is 2.13. The summed E-state index contributed by atoms with van der Waals surface area (Å²) in [7, 11) is 2.70. The number of benzene rings is 1. The fourth-order valence-corrected chi connectivity index (χ4v) is 1.21. The van der Waals surface area contributed by atoms with Crippen LogP contribution in [0.1, 0.15) is 5.56 Å². The Hall–Kier alpha value is -0.545. The average Bonchev–Trinajstić information content (AvgIpc) is 2.15. The zero-order valence-corrected chi connectivity index (χ0v) is 9.87. The number of hydrogen-bond acceptors (Lipinski definition) is 3. The maximum absolute atomic E-state index is 8.88. The molecule has 3 nitrogen and oxygen atoms in total.